The van der Waals surface area contributed by atoms with Crippen molar-refractivity contribution < 1.29 is 22.4 Å². The second kappa shape index (κ2) is 11.5. The van der Waals surface area contributed by atoms with E-state index in [4.69, 9.17) is 11.6 Å². The summed E-state index contributed by atoms with van der Waals surface area (Å²) in [6.45, 7) is 4.78. The van der Waals surface area contributed by atoms with Crippen LogP contribution in [0.15, 0.2) is 48.5 Å². The maximum atomic E-state index is 13.4. The van der Waals surface area contributed by atoms with Crippen LogP contribution < -0.4 is 9.62 Å². The summed E-state index contributed by atoms with van der Waals surface area (Å²) in [5, 5.41) is 3.01. The molecule has 180 valence electrons. The van der Waals surface area contributed by atoms with E-state index in [1.165, 1.54) is 41.3 Å². The summed E-state index contributed by atoms with van der Waals surface area (Å²) in [5.74, 6) is -1.40. The Kier molecular flexibility index (Phi) is 9.25. The van der Waals surface area contributed by atoms with Gasteiger partial charge in [0, 0.05) is 12.6 Å². The number of hydrogen-bond donors (Lipinski definition) is 1. The van der Waals surface area contributed by atoms with Crippen molar-refractivity contribution in [1.29, 1.82) is 0 Å². The van der Waals surface area contributed by atoms with Gasteiger partial charge in [0.1, 0.15) is 18.4 Å². The van der Waals surface area contributed by atoms with Gasteiger partial charge in [-0.2, -0.15) is 0 Å². The minimum Gasteiger partial charge on any atom is -0.352 e. The van der Waals surface area contributed by atoms with E-state index in [9.17, 15) is 22.4 Å². The van der Waals surface area contributed by atoms with Crippen LogP contribution in [0, 0.1) is 5.82 Å². The molecule has 2 unspecified atom stereocenters. The van der Waals surface area contributed by atoms with Crippen LogP contribution in [0.25, 0.3) is 0 Å². The van der Waals surface area contributed by atoms with Crippen molar-refractivity contribution in [2.24, 2.45) is 0 Å². The Balaban J connectivity index is 2.39. The van der Waals surface area contributed by atoms with Gasteiger partial charge in [0.15, 0.2) is 0 Å². The quantitative estimate of drug-likeness (QED) is 0.543. The fourth-order valence-electron chi connectivity index (χ4n) is 3.08. The van der Waals surface area contributed by atoms with Crippen LogP contribution in [0.4, 0.5) is 10.1 Å². The fraction of sp³-hybridized carbons (Fsp3) is 0.391. The highest BCUT2D eigenvalue weighted by molar-refractivity contribution is 7.92. The Labute approximate surface area is 199 Å². The Morgan fingerprint density at radius 1 is 1.09 bits per heavy atom. The largest absolute Gasteiger partial charge is 0.352 e. The summed E-state index contributed by atoms with van der Waals surface area (Å²) in [7, 11) is -3.87. The van der Waals surface area contributed by atoms with Crippen LogP contribution in [-0.2, 0) is 26.2 Å². The van der Waals surface area contributed by atoms with Gasteiger partial charge in [0.25, 0.3) is 0 Å². The lowest BCUT2D eigenvalue weighted by Crippen LogP contribution is -2.52. The zero-order valence-electron chi connectivity index (χ0n) is 19.1. The average Bonchev–Trinajstić information content (AvgIpc) is 2.76. The lowest BCUT2D eigenvalue weighted by molar-refractivity contribution is -0.139. The van der Waals surface area contributed by atoms with Crippen molar-refractivity contribution in [3.8, 4) is 0 Å². The van der Waals surface area contributed by atoms with Gasteiger partial charge >= 0.3 is 0 Å². The first kappa shape index (κ1) is 26.6. The lowest BCUT2D eigenvalue weighted by atomic mass is 10.1. The molecule has 0 saturated carbocycles. The molecule has 0 heterocycles. The molecule has 0 aliphatic carbocycles. The highest BCUT2D eigenvalue weighted by atomic mass is 35.5. The van der Waals surface area contributed by atoms with E-state index in [-0.39, 0.29) is 29.2 Å². The van der Waals surface area contributed by atoms with Crippen LogP contribution >= 0.6 is 11.6 Å². The van der Waals surface area contributed by atoms with Gasteiger partial charge in [0.05, 0.1) is 17.0 Å². The first-order valence-corrected chi connectivity index (χ1v) is 12.7. The van der Waals surface area contributed by atoms with Gasteiger partial charge in [0.2, 0.25) is 21.8 Å². The van der Waals surface area contributed by atoms with E-state index in [1.54, 1.807) is 19.1 Å². The molecule has 2 atom stereocenters. The standard InChI is InChI=1S/C23H29ClFN3O4S/c1-5-16(2)26-23(30)17(3)27(14-18-10-12-19(25)13-11-18)22(29)15-28(33(4,31)32)21-9-7-6-8-20(21)24/h6-13,16-17H,5,14-15H2,1-4H3,(H,26,30). The molecule has 2 amide bonds. The molecule has 0 bridgehead atoms. The maximum Gasteiger partial charge on any atom is 0.244 e. The van der Waals surface area contributed by atoms with Gasteiger partial charge in [-0.05, 0) is 50.1 Å². The van der Waals surface area contributed by atoms with Crippen LogP contribution in [0.2, 0.25) is 5.02 Å². The number of nitrogens with zero attached hydrogens (tertiary/aromatic N) is 2. The molecule has 0 fully saturated rings. The molecule has 10 heteroatoms. The Hall–Kier alpha value is -2.65. The fourth-order valence-corrected chi connectivity index (χ4v) is 4.23. The Bertz CT molecular complexity index is 1080. The molecule has 0 aliphatic rings. The molecule has 7 nitrogen and oxygen atoms in total. The number of benzene rings is 2. The number of nitrogens with one attached hydrogen (secondary N) is 1. The first-order chi connectivity index (χ1) is 15.4. The number of rotatable bonds is 10. The Morgan fingerprint density at radius 2 is 1.70 bits per heavy atom. The molecule has 33 heavy (non-hydrogen) atoms. The highest BCUT2D eigenvalue weighted by Crippen LogP contribution is 2.27. The van der Waals surface area contributed by atoms with Crippen molar-refractivity contribution in [2.75, 3.05) is 17.1 Å². The highest BCUT2D eigenvalue weighted by Gasteiger charge is 2.31. The number of carbonyl (C=O) groups excluding carboxylic acids is 2. The number of sulfonamides is 1. The SMILES string of the molecule is CCC(C)NC(=O)C(C)N(Cc1ccc(F)cc1)C(=O)CN(c1ccccc1Cl)S(C)(=O)=O. The van der Waals surface area contributed by atoms with Crippen molar-refractivity contribution in [1.82, 2.24) is 10.2 Å². The summed E-state index contributed by atoms with van der Waals surface area (Å²) in [5.41, 5.74) is 0.755. The zero-order chi connectivity index (χ0) is 24.8. The van der Waals surface area contributed by atoms with E-state index in [0.717, 1.165) is 10.6 Å². The predicted molar refractivity (Wildman–Crippen MR) is 128 cm³/mol. The first-order valence-electron chi connectivity index (χ1n) is 10.5. The summed E-state index contributed by atoms with van der Waals surface area (Å²) < 4.78 is 39.3. The lowest BCUT2D eigenvalue weighted by Gasteiger charge is -2.32. The smallest absolute Gasteiger partial charge is 0.244 e. The minimum atomic E-state index is -3.87. The van der Waals surface area contributed by atoms with Gasteiger partial charge < -0.3 is 10.2 Å². The second-order valence-electron chi connectivity index (χ2n) is 7.86. The topological polar surface area (TPSA) is 86.8 Å². The van der Waals surface area contributed by atoms with Gasteiger partial charge in [-0.15, -0.1) is 0 Å². The maximum absolute atomic E-state index is 13.4. The number of amides is 2. The molecule has 2 aromatic carbocycles. The number of para-hydroxylation sites is 1. The van der Waals surface area contributed by atoms with Crippen LogP contribution in [0.3, 0.4) is 0 Å². The van der Waals surface area contributed by atoms with Crippen molar-refractivity contribution in [3.63, 3.8) is 0 Å². The van der Waals surface area contributed by atoms with Crippen LogP contribution in [0.1, 0.15) is 32.8 Å². The molecule has 0 radical (unpaired) electrons. The van der Waals surface area contributed by atoms with Crippen LogP contribution in [-0.4, -0.2) is 50.0 Å². The number of carbonyl (C=O) groups is 2. The van der Waals surface area contributed by atoms with E-state index >= 15 is 0 Å². The third-order valence-electron chi connectivity index (χ3n) is 5.23. The van der Waals surface area contributed by atoms with Crippen molar-refractivity contribution in [2.45, 2.75) is 45.8 Å². The molecule has 0 spiro atoms. The molecular formula is C23H29ClFN3O4S. The normalized spacial score (nSPS) is 13.2. The van der Waals surface area contributed by atoms with Gasteiger partial charge in [-0.1, -0.05) is 42.8 Å². The molecular weight excluding hydrogens is 469 g/mol. The number of hydrogen-bond acceptors (Lipinski definition) is 4. The number of anilines is 1. The molecule has 0 saturated heterocycles. The molecule has 1 N–H and O–H groups in total. The molecule has 2 aromatic rings. The zero-order valence-corrected chi connectivity index (χ0v) is 20.7. The summed E-state index contributed by atoms with van der Waals surface area (Å²) in [4.78, 5) is 27.4. The summed E-state index contributed by atoms with van der Waals surface area (Å²) in [6, 6.07) is 10.8. The Morgan fingerprint density at radius 3 is 2.24 bits per heavy atom. The minimum absolute atomic E-state index is 0.00563. The van der Waals surface area contributed by atoms with E-state index in [0.29, 0.717) is 12.0 Å². The summed E-state index contributed by atoms with van der Waals surface area (Å²) in [6.07, 6.45) is 1.69. The third kappa shape index (κ3) is 7.43. The second-order valence-corrected chi connectivity index (χ2v) is 10.2. The van der Waals surface area contributed by atoms with Crippen molar-refractivity contribution >= 4 is 39.1 Å². The molecule has 0 aromatic heterocycles. The number of halogens is 2. The predicted octanol–water partition coefficient (Wildman–Crippen LogP) is 3.58. The van der Waals surface area contributed by atoms with E-state index < -0.39 is 34.3 Å². The average molecular weight is 498 g/mol. The summed E-state index contributed by atoms with van der Waals surface area (Å²) >= 11 is 6.19. The van der Waals surface area contributed by atoms with E-state index in [1.807, 2.05) is 13.8 Å². The van der Waals surface area contributed by atoms with E-state index in [2.05, 4.69) is 5.32 Å². The van der Waals surface area contributed by atoms with Gasteiger partial charge in [-0.3, -0.25) is 13.9 Å². The van der Waals surface area contributed by atoms with Crippen LogP contribution in [0.5, 0.6) is 0 Å². The monoisotopic (exact) mass is 497 g/mol. The molecule has 2 rings (SSSR count). The van der Waals surface area contributed by atoms with Crippen molar-refractivity contribution in [3.05, 3.63) is 64.9 Å². The van der Waals surface area contributed by atoms with Gasteiger partial charge in [-0.25, -0.2) is 12.8 Å². The molecule has 0 aliphatic heterocycles. The third-order valence-corrected chi connectivity index (χ3v) is 6.68.